The fourth-order valence-corrected chi connectivity index (χ4v) is 3.20. The Kier molecular flexibility index (Phi) is 4.57. The van der Waals surface area contributed by atoms with Crippen molar-refractivity contribution < 1.29 is 0 Å². The van der Waals surface area contributed by atoms with Crippen LogP contribution in [0.25, 0.3) is 0 Å². The fourth-order valence-electron chi connectivity index (χ4n) is 1.29. The summed E-state index contributed by atoms with van der Waals surface area (Å²) in [6, 6.07) is 12.0. The molecule has 1 N–H and O–H groups in total. The molecule has 0 bridgehead atoms. The number of hydrogen-bond acceptors (Lipinski definition) is 3. The molecule has 0 fully saturated rings. The lowest BCUT2D eigenvalue weighted by Gasteiger charge is -2.05. The monoisotopic (exact) mass is 269 g/mol. The summed E-state index contributed by atoms with van der Waals surface area (Å²) in [5, 5.41) is 6.23. The molecular weight excluding hydrogens is 258 g/mol. The second-order valence-corrected chi connectivity index (χ2v) is 6.00. The molecule has 0 amide bonds. The first-order valence-electron chi connectivity index (χ1n) is 5.00. The molecule has 0 aliphatic heterocycles. The van der Waals surface area contributed by atoms with Gasteiger partial charge in [-0.2, -0.15) is 0 Å². The maximum atomic E-state index is 5.90. The number of halogens is 1. The largest absolute Gasteiger partial charge is 0.384 e. The van der Waals surface area contributed by atoms with Crippen molar-refractivity contribution in [1.29, 1.82) is 0 Å². The van der Waals surface area contributed by atoms with Crippen molar-refractivity contribution in [2.75, 3.05) is 17.6 Å². The molecule has 4 heteroatoms. The van der Waals surface area contributed by atoms with Crippen LogP contribution in [0.1, 0.15) is 0 Å². The molecule has 0 radical (unpaired) electrons. The van der Waals surface area contributed by atoms with E-state index in [1.807, 2.05) is 36.0 Å². The van der Waals surface area contributed by atoms with E-state index in [-0.39, 0.29) is 0 Å². The normalized spacial score (nSPS) is 10.3. The molecule has 0 spiro atoms. The minimum atomic E-state index is 0.774. The van der Waals surface area contributed by atoms with Crippen LogP contribution in [0.15, 0.2) is 46.0 Å². The number of thioether (sulfide) groups is 1. The summed E-state index contributed by atoms with van der Waals surface area (Å²) < 4.78 is 1.37. The van der Waals surface area contributed by atoms with Gasteiger partial charge in [-0.25, -0.2) is 0 Å². The van der Waals surface area contributed by atoms with Crippen LogP contribution in [0.5, 0.6) is 0 Å². The molecular formula is C12H12ClNS2. The van der Waals surface area contributed by atoms with E-state index in [0.29, 0.717) is 0 Å². The van der Waals surface area contributed by atoms with Crippen molar-refractivity contribution in [3.63, 3.8) is 0 Å². The quantitative estimate of drug-likeness (QED) is 0.629. The van der Waals surface area contributed by atoms with Crippen LogP contribution in [0, 0.1) is 0 Å². The number of rotatable bonds is 5. The van der Waals surface area contributed by atoms with Crippen LogP contribution in [0.3, 0.4) is 0 Å². The van der Waals surface area contributed by atoms with Crippen LogP contribution in [-0.4, -0.2) is 12.3 Å². The molecule has 1 aromatic carbocycles. The number of hydrogen-bond donors (Lipinski definition) is 1. The molecule has 2 aromatic rings. The summed E-state index contributed by atoms with van der Waals surface area (Å²) in [7, 11) is 0. The number of benzene rings is 1. The van der Waals surface area contributed by atoms with Crippen LogP contribution < -0.4 is 5.32 Å². The average molecular weight is 270 g/mol. The number of anilines is 1. The van der Waals surface area contributed by atoms with Gasteiger partial charge in [-0.3, -0.25) is 0 Å². The Bertz CT molecular complexity index is 428. The molecule has 1 aromatic heterocycles. The Morgan fingerprint density at radius 3 is 2.94 bits per heavy atom. The van der Waals surface area contributed by atoms with Crippen molar-refractivity contribution in [3.05, 3.63) is 46.8 Å². The highest BCUT2D eigenvalue weighted by molar-refractivity contribution is 8.01. The second kappa shape index (κ2) is 6.18. The minimum absolute atomic E-state index is 0.774. The predicted octanol–water partition coefficient (Wildman–Crippen LogP) is 4.61. The third kappa shape index (κ3) is 3.74. The maximum absolute atomic E-state index is 5.90. The van der Waals surface area contributed by atoms with Gasteiger partial charge in [-0.15, -0.1) is 23.1 Å². The zero-order valence-corrected chi connectivity index (χ0v) is 11.0. The standard InChI is InChI=1S/C12H12ClNS2/c13-10-3-1-4-11(9-10)14-6-8-16-12-5-2-7-15-12/h1-5,7,9,14H,6,8H2. The lowest BCUT2D eigenvalue weighted by Crippen LogP contribution is -2.03. The second-order valence-electron chi connectivity index (χ2n) is 3.22. The smallest absolute Gasteiger partial charge is 0.0599 e. The Morgan fingerprint density at radius 2 is 2.19 bits per heavy atom. The van der Waals surface area contributed by atoms with Crippen molar-refractivity contribution in [2.24, 2.45) is 0 Å². The predicted molar refractivity (Wildman–Crippen MR) is 75.0 cm³/mol. The molecule has 2 rings (SSSR count). The Balaban J connectivity index is 1.72. The first-order valence-corrected chi connectivity index (χ1v) is 7.25. The number of thiophene rings is 1. The van der Waals surface area contributed by atoms with E-state index in [2.05, 4.69) is 22.8 Å². The summed E-state index contributed by atoms with van der Waals surface area (Å²) in [6.07, 6.45) is 0. The van der Waals surface area contributed by atoms with Crippen LogP contribution in [-0.2, 0) is 0 Å². The highest BCUT2D eigenvalue weighted by Gasteiger charge is 1.95. The van der Waals surface area contributed by atoms with Gasteiger partial charge in [0.2, 0.25) is 0 Å². The molecule has 16 heavy (non-hydrogen) atoms. The highest BCUT2D eigenvalue weighted by Crippen LogP contribution is 2.23. The van der Waals surface area contributed by atoms with Crippen molar-refractivity contribution in [3.8, 4) is 0 Å². The molecule has 1 heterocycles. The van der Waals surface area contributed by atoms with Crippen molar-refractivity contribution >= 4 is 40.4 Å². The van der Waals surface area contributed by atoms with E-state index in [1.165, 1.54) is 4.21 Å². The molecule has 0 saturated heterocycles. The molecule has 0 aliphatic rings. The SMILES string of the molecule is Clc1cccc(NCCSc2cccs2)c1. The lowest BCUT2D eigenvalue weighted by atomic mass is 10.3. The van der Waals surface area contributed by atoms with Gasteiger partial charge in [0, 0.05) is 23.0 Å². The molecule has 84 valence electrons. The molecule has 0 saturated carbocycles. The van der Waals surface area contributed by atoms with Gasteiger partial charge in [-0.05, 0) is 29.6 Å². The van der Waals surface area contributed by atoms with Gasteiger partial charge in [0.05, 0.1) is 4.21 Å². The third-order valence-electron chi connectivity index (χ3n) is 2.00. The van der Waals surface area contributed by atoms with Crippen LogP contribution >= 0.6 is 34.7 Å². The van der Waals surface area contributed by atoms with Gasteiger partial charge in [0.25, 0.3) is 0 Å². The zero-order chi connectivity index (χ0) is 11.2. The van der Waals surface area contributed by atoms with Gasteiger partial charge < -0.3 is 5.32 Å². The first-order chi connectivity index (χ1) is 7.84. The maximum Gasteiger partial charge on any atom is 0.0599 e. The average Bonchev–Trinajstić information content (AvgIpc) is 2.77. The van der Waals surface area contributed by atoms with E-state index >= 15 is 0 Å². The van der Waals surface area contributed by atoms with E-state index in [1.54, 1.807) is 11.3 Å². The Labute approximate surface area is 109 Å². The zero-order valence-electron chi connectivity index (χ0n) is 8.65. The van der Waals surface area contributed by atoms with Crippen LogP contribution in [0.4, 0.5) is 5.69 Å². The van der Waals surface area contributed by atoms with E-state index in [0.717, 1.165) is 23.0 Å². The molecule has 0 aliphatic carbocycles. The minimum Gasteiger partial charge on any atom is -0.384 e. The van der Waals surface area contributed by atoms with E-state index < -0.39 is 0 Å². The number of nitrogens with one attached hydrogen (secondary N) is 1. The fraction of sp³-hybridized carbons (Fsp3) is 0.167. The van der Waals surface area contributed by atoms with Gasteiger partial charge in [-0.1, -0.05) is 23.7 Å². The highest BCUT2D eigenvalue weighted by atomic mass is 35.5. The summed E-state index contributed by atoms with van der Waals surface area (Å²) in [4.78, 5) is 0. The topological polar surface area (TPSA) is 12.0 Å². The van der Waals surface area contributed by atoms with Crippen LogP contribution in [0.2, 0.25) is 5.02 Å². The molecule has 0 atom stereocenters. The lowest BCUT2D eigenvalue weighted by molar-refractivity contribution is 1.23. The summed E-state index contributed by atoms with van der Waals surface area (Å²) in [5.41, 5.74) is 1.08. The van der Waals surface area contributed by atoms with Gasteiger partial charge in [0.1, 0.15) is 0 Å². The Morgan fingerprint density at radius 1 is 1.25 bits per heavy atom. The summed E-state index contributed by atoms with van der Waals surface area (Å²) >= 11 is 9.55. The van der Waals surface area contributed by atoms with E-state index in [4.69, 9.17) is 11.6 Å². The molecule has 0 unspecified atom stereocenters. The summed E-state index contributed by atoms with van der Waals surface area (Å²) in [5.74, 6) is 1.06. The Hall–Kier alpha value is -0.640. The van der Waals surface area contributed by atoms with E-state index in [9.17, 15) is 0 Å². The van der Waals surface area contributed by atoms with Crippen molar-refractivity contribution in [1.82, 2.24) is 0 Å². The summed E-state index contributed by atoms with van der Waals surface area (Å²) in [6.45, 7) is 0.947. The first kappa shape index (κ1) is 11.8. The van der Waals surface area contributed by atoms with Gasteiger partial charge in [0.15, 0.2) is 0 Å². The molecule has 1 nitrogen and oxygen atoms in total. The van der Waals surface area contributed by atoms with Gasteiger partial charge >= 0.3 is 0 Å². The van der Waals surface area contributed by atoms with Crippen molar-refractivity contribution in [2.45, 2.75) is 4.21 Å². The third-order valence-corrected chi connectivity index (χ3v) is 4.36.